The van der Waals surface area contributed by atoms with Crippen LogP contribution in [0.25, 0.3) is 0 Å². The highest BCUT2D eigenvalue weighted by atomic mass is 32.2. The summed E-state index contributed by atoms with van der Waals surface area (Å²) >= 11 is 0. The standard InChI is InChI=1S/C29H41N3O4S/c1-22-16-18-27(19-17-22)32(37(4,35)36)20-10-15-28(33)31(21-25-12-9-8-11-23(25)2)24(3)29(34)30-26-13-6-5-7-14-26/h8-9,11-12,16-19,24,26H,5-7,10,13-15,20-21H2,1-4H3,(H,30,34)/t24-/m0/s1. The molecule has 1 aliphatic carbocycles. The minimum atomic E-state index is -3.51. The molecule has 1 saturated carbocycles. The number of hydrogen-bond donors (Lipinski definition) is 1. The van der Waals surface area contributed by atoms with E-state index in [1.807, 2.05) is 50.2 Å². The lowest BCUT2D eigenvalue weighted by molar-refractivity contribution is -0.141. The molecular formula is C29H41N3O4S. The summed E-state index contributed by atoms with van der Waals surface area (Å²) in [6, 6.07) is 14.7. The Kier molecular flexibility index (Phi) is 10.1. The zero-order valence-electron chi connectivity index (χ0n) is 22.6. The third kappa shape index (κ3) is 8.32. The van der Waals surface area contributed by atoms with E-state index in [0.717, 1.165) is 42.4 Å². The molecule has 0 bridgehead atoms. The summed E-state index contributed by atoms with van der Waals surface area (Å²) in [4.78, 5) is 28.3. The normalized spacial score (nSPS) is 15.1. The Morgan fingerprint density at radius 1 is 1.00 bits per heavy atom. The van der Waals surface area contributed by atoms with Crippen LogP contribution in [0.4, 0.5) is 5.69 Å². The van der Waals surface area contributed by atoms with Crippen molar-refractivity contribution >= 4 is 27.5 Å². The van der Waals surface area contributed by atoms with Crippen molar-refractivity contribution in [3.05, 3.63) is 65.2 Å². The summed E-state index contributed by atoms with van der Waals surface area (Å²) in [5, 5.41) is 3.15. The molecule has 0 heterocycles. The van der Waals surface area contributed by atoms with Crippen LogP contribution in [0.1, 0.15) is 68.6 Å². The fraction of sp³-hybridized carbons (Fsp3) is 0.517. The van der Waals surface area contributed by atoms with Crippen LogP contribution in [0, 0.1) is 13.8 Å². The van der Waals surface area contributed by atoms with Gasteiger partial charge in [0.05, 0.1) is 11.9 Å². The molecule has 0 saturated heterocycles. The molecule has 3 rings (SSSR count). The smallest absolute Gasteiger partial charge is 0.242 e. The predicted molar refractivity (Wildman–Crippen MR) is 149 cm³/mol. The minimum absolute atomic E-state index is 0.133. The first-order valence-corrected chi connectivity index (χ1v) is 15.1. The maximum Gasteiger partial charge on any atom is 0.242 e. The largest absolute Gasteiger partial charge is 0.352 e. The summed E-state index contributed by atoms with van der Waals surface area (Å²) in [6.07, 6.45) is 7.05. The van der Waals surface area contributed by atoms with Gasteiger partial charge in [-0.15, -0.1) is 0 Å². The predicted octanol–water partition coefficient (Wildman–Crippen LogP) is 4.72. The Morgan fingerprint density at radius 3 is 2.27 bits per heavy atom. The molecule has 1 N–H and O–H groups in total. The second kappa shape index (κ2) is 13.1. The van der Waals surface area contributed by atoms with Crippen LogP contribution in [0.2, 0.25) is 0 Å². The zero-order chi connectivity index (χ0) is 27.0. The fourth-order valence-electron chi connectivity index (χ4n) is 4.84. The number of carbonyl (C=O) groups excluding carboxylic acids is 2. The molecule has 0 aromatic heterocycles. The van der Waals surface area contributed by atoms with Gasteiger partial charge in [-0.05, 0) is 63.3 Å². The topological polar surface area (TPSA) is 86.8 Å². The molecule has 37 heavy (non-hydrogen) atoms. The Bertz CT molecular complexity index is 1160. The maximum absolute atomic E-state index is 13.5. The molecule has 202 valence electrons. The van der Waals surface area contributed by atoms with E-state index >= 15 is 0 Å². The molecule has 1 fully saturated rings. The second-order valence-electron chi connectivity index (χ2n) is 10.2. The number of nitrogens with zero attached hydrogens (tertiary/aromatic N) is 2. The zero-order valence-corrected chi connectivity index (χ0v) is 23.4. The molecular weight excluding hydrogens is 486 g/mol. The van der Waals surface area contributed by atoms with Crippen LogP contribution in [0.15, 0.2) is 48.5 Å². The first kappa shape index (κ1) is 28.7. The van der Waals surface area contributed by atoms with E-state index in [4.69, 9.17) is 0 Å². The lowest BCUT2D eigenvalue weighted by Crippen LogP contribution is -2.50. The SMILES string of the molecule is Cc1ccc(N(CCCC(=O)N(Cc2ccccc2C)[C@@H](C)C(=O)NC2CCCCC2)S(C)(=O)=O)cc1. The van der Waals surface area contributed by atoms with E-state index in [1.165, 1.54) is 17.0 Å². The molecule has 0 radical (unpaired) electrons. The van der Waals surface area contributed by atoms with Gasteiger partial charge in [-0.3, -0.25) is 13.9 Å². The van der Waals surface area contributed by atoms with Gasteiger partial charge in [-0.2, -0.15) is 0 Å². The second-order valence-corrected chi connectivity index (χ2v) is 12.1. The Balaban J connectivity index is 1.72. The lowest BCUT2D eigenvalue weighted by Gasteiger charge is -2.32. The number of carbonyl (C=O) groups is 2. The molecule has 8 heteroatoms. The number of hydrogen-bond acceptors (Lipinski definition) is 4. The number of anilines is 1. The monoisotopic (exact) mass is 527 g/mol. The maximum atomic E-state index is 13.5. The van der Waals surface area contributed by atoms with Crippen molar-refractivity contribution in [2.45, 2.75) is 84.3 Å². The molecule has 0 aliphatic heterocycles. The van der Waals surface area contributed by atoms with Crippen LogP contribution in [0.5, 0.6) is 0 Å². The number of sulfonamides is 1. The van der Waals surface area contributed by atoms with Crippen LogP contribution in [-0.2, 0) is 26.2 Å². The van der Waals surface area contributed by atoms with Crippen molar-refractivity contribution in [1.82, 2.24) is 10.2 Å². The van der Waals surface area contributed by atoms with Gasteiger partial charge in [-0.1, -0.05) is 61.2 Å². The van der Waals surface area contributed by atoms with Gasteiger partial charge in [-0.25, -0.2) is 8.42 Å². The lowest BCUT2D eigenvalue weighted by atomic mass is 9.95. The summed E-state index contributed by atoms with van der Waals surface area (Å²) < 4.78 is 26.3. The number of aryl methyl sites for hydroxylation is 2. The molecule has 2 aromatic rings. The van der Waals surface area contributed by atoms with E-state index in [1.54, 1.807) is 24.0 Å². The number of rotatable bonds is 11. The van der Waals surface area contributed by atoms with Crippen molar-refractivity contribution in [3.63, 3.8) is 0 Å². The minimum Gasteiger partial charge on any atom is -0.352 e. The van der Waals surface area contributed by atoms with Crippen LogP contribution in [-0.4, -0.2) is 50.0 Å². The van der Waals surface area contributed by atoms with E-state index in [0.29, 0.717) is 18.7 Å². The molecule has 0 unspecified atom stereocenters. The average molecular weight is 528 g/mol. The number of nitrogens with one attached hydrogen (secondary N) is 1. The molecule has 2 aromatic carbocycles. The van der Waals surface area contributed by atoms with Crippen molar-refractivity contribution in [1.29, 1.82) is 0 Å². The van der Waals surface area contributed by atoms with E-state index in [-0.39, 0.29) is 30.8 Å². The molecule has 7 nitrogen and oxygen atoms in total. The van der Waals surface area contributed by atoms with Crippen LogP contribution in [0.3, 0.4) is 0 Å². The van der Waals surface area contributed by atoms with E-state index < -0.39 is 16.1 Å². The highest BCUT2D eigenvalue weighted by Gasteiger charge is 2.28. The van der Waals surface area contributed by atoms with Crippen LogP contribution >= 0.6 is 0 Å². The quantitative estimate of drug-likeness (QED) is 0.458. The summed E-state index contributed by atoms with van der Waals surface area (Å²) in [7, 11) is -3.51. The number of benzene rings is 2. The third-order valence-corrected chi connectivity index (χ3v) is 8.39. The summed E-state index contributed by atoms with van der Waals surface area (Å²) in [5.41, 5.74) is 3.67. The molecule has 0 spiro atoms. The van der Waals surface area contributed by atoms with Crippen molar-refractivity contribution in [3.8, 4) is 0 Å². The average Bonchev–Trinajstić information content (AvgIpc) is 2.86. The van der Waals surface area contributed by atoms with Crippen molar-refractivity contribution < 1.29 is 18.0 Å². The fourth-order valence-corrected chi connectivity index (χ4v) is 5.80. The summed E-state index contributed by atoms with van der Waals surface area (Å²) in [6.45, 7) is 6.24. The van der Waals surface area contributed by atoms with Gasteiger partial charge in [0.25, 0.3) is 0 Å². The first-order valence-electron chi connectivity index (χ1n) is 13.2. The van der Waals surface area contributed by atoms with Crippen LogP contribution < -0.4 is 9.62 Å². The molecule has 1 aliphatic rings. The van der Waals surface area contributed by atoms with Gasteiger partial charge >= 0.3 is 0 Å². The van der Waals surface area contributed by atoms with Gasteiger partial charge < -0.3 is 10.2 Å². The summed E-state index contributed by atoms with van der Waals surface area (Å²) in [5.74, 6) is -0.293. The van der Waals surface area contributed by atoms with E-state index in [2.05, 4.69) is 5.32 Å². The molecule has 2 amide bonds. The Labute approximate surface area is 222 Å². The molecule has 1 atom stereocenters. The third-order valence-electron chi connectivity index (χ3n) is 7.19. The Hall–Kier alpha value is -2.87. The van der Waals surface area contributed by atoms with Gasteiger partial charge in [0.2, 0.25) is 21.8 Å². The highest BCUT2D eigenvalue weighted by Crippen LogP contribution is 2.21. The number of amides is 2. The van der Waals surface area contributed by atoms with Gasteiger partial charge in [0.1, 0.15) is 6.04 Å². The highest BCUT2D eigenvalue weighted by molar-refractivity contribution is 7.92. The van der Waals surface area contributed by atoms with Gasteiger partial charge in [0.15, 0.2) is 0 Å². The van der Waals surface area contributed by atoms with E-state index in [9.17, 15) is 18.0 Å². The van der Waals surface area contributed by atoms with Crippen molar-refractivity contribution in [2.24, 2.45) is 0 Å². The van der Waals surface area contributed by atoms with Crippen molar-refractivity contribution in [2.75, 3.05) is 17.1 Å². The van der Waals surface area contributed by atoms with Gasteiger partial charge in [0, 0.05) is 25.6 Å². The Morgan fingerprint density at radius 2 is 1.65 bits per heavy atom. The first-order chi connectivity index (χ1) is 17.6.